The number of piperidine rings is 1. The van der Waals surface area contributed by atoms with Gasteiger partial charge in [0.2, 0.25) is 11.8 Å². The fourth-order valence-electron chi connectivity index (χ4n) is 4.00. The number of carbonyl (C=O) groups excluding carboxylic acids is 2. The van der Waals surface area contributed by atoms with Crippen LogP contribution in [-0.4, -0.2) is 46.0 Å². The molecule has 2 N–H and O–H groups in total. The summed E-state index contributed by atoms with van der Waals surface area (Å²) in [5.41, 5.74) is 2.88. The Balaban J connectivity index is 1.51. The molecular formula is C23H28N6O3S. The highest BCUT2D eigenvalue weighted by molar-refractivity contribution is 7.22. The number of fused-ring (bicyclic) bond motifs is 1. The average Bonchev–Trinajstić information content (AvgIpc) is 3.24. The summed E-state index contributed by atoms with van der Waals surface area (Å²) in [5, 5.41) is 6.44. The van der Waals surface area contributed by atoms with Crippen molar-refractivity contribution in [3.8, 4) is 0 Å². The molecule has 3 heterocycles. The quantitative estimate of drug-likeness (QED) is 0.575. The predicted octanol–water partition coefficient (Wildman–Crippen LogP) is 2.46. The first-order valence-corrected chi connectivity index (χ1v) is 11.9. The van der Waals surface area contributed by atoms with E-state index in [0.29, 0.717) is 28.6 Å². The van der Waals surface area contributed by atoms with Gasteiger partial charge < -0.3 is 15.5 Å². The van der Waals surface area contributed by atoms with Crippen molar-refractivity contribution in [3.05, 3.63) is 46.0 Å². The van der Waals surface area contributed by atoms with Crippen molar-refractivity contribution >= 4 is 44.3 Å². The molecule has 0 bridgehead atoms. The standard InChI is InChI=1S/C23H28N6O3S/c1-4-24-21(31)16-8-6-10-28(11-16)23-27-20-19(33-23)22(32)29(13-25-20)12-18(30)26-17-9-5-7-14(2)15(17)3/h5,7,9,13,16H,4,6,8,10-12H2,1-3H3,(H,24,31)(H,26,30)/t16-/m1/s1. The van der Waals surface area contributed by atoms with Crippen LogP contribution in [0.4, 0.5) is 10.8 Å². The number of carbonyl (C=O) groups is 2. The Kier molecular flexibility index (Phi) is 6.73. The number of rotatable bonds is 6. The van der Waals surface area contributed by atoms with Crippen LogP contribution in [0.1, 0.15) is 30.9 Å². The summed E-state index contributed by atoms with van der Waals surface area (Å²) in [6.45, 7) is 7.66. The molecule has 1 saturated heterocycles. The van der Waals surface area contributed by atoms with Gasteiger partial charge in [0.25, 0.3) is 5.56 Å². The second kappa shape index (κ2) is 9.70. The van der Waals surface area contributed by atoms with Crippen molar-refractivity contribution in [2.75, 3.05) is 29.9 Å². The smallest absolute Gasteiger partial charge is 0.273 e. The molecule has 174 valence electrons. The number of benzene rings is 1. The summed E-state index contributed by atoms with van der Waals surface area (Å²) >= 11 is 1.26. The van der Waals surface area contributed by atoms with E-state index in [1.165, 1.54) is 22.2 Å². The maximum atomic E-state index is 13.0. The molecule has 0 radical (unpaired) electrons. The van der Waals surface area contributed by atoms with Crippen LogP contribution < -0.4 is 21.1 Å². The summed E-state index contributed by atoms with van der Waals surface area (Å²) in [6, 6.07) is 5.70. The molecule has 1 atom stereocenters. The van der Waals surface area contributed by atoms with E-state index in [1.807, 2.05) is 43.9 Å². The molecule has 1 aromatic carbocycles. The Morgan fingerprint density at radius 3 is 2.88 bits per heavy atom. The maximum absolute atomic E-state index is 13.0. The zero-order chi connectivity index (χ0) is 23.5. The zero-order valence-corrected chi connectivity index (χ0v) is 19.9. The number of nitrogens with zero attached hydrogens (tertiary/aromatic N) is 4. The van der Waals surface area contributed by atoms with Crippen LogP contribution in [0.25, 0.3) is 10.3 Å². The third kappa shape index (κ3) is 4.90. The van der Waals surface area contributed by atoms with Gasteiger partial charge in [-0.2, -0.15) is 4.98 Å². The van der Waals surface area contributed by atoms with E-state index in [0.717, 1.165) is 36.2 Å². The van der Waals surface area contributed by atoms with Gasteiger partial charge >= 0.3 is 0 Å². The van der Waals surface area contributed by atoms with E-state index >= 15 is 0 Å². The van der Waals surface area contributed by atoms with Gasteiger partial charge in [-0.1, -0.05) is 23.5 Å². The van der Waals surface area contributed by atoms with E-state index in [1.54, 1.807) is 0 Å². The first-order chi connectivity index (χ1) is 15.9. The highest BCUT2D eigenvalue weighted by Crippen LogP contribution is 2.29. The Morgan fingerprint density at radius 2 is 2.09 bits per heavy atom. The minimum absolute atomic E-state index is 0.0543. The molecule has 2 aromatic heterocycles. The first kappa shape index (κ1) is 22.9. The lowest BCUT2D eigenvalue weighted by Crippen LogP contribution is -2.43. The van der Waals surface area contributed by atoms with Gasteiger partial charge in [0.05, 0.1) is 5.92 Å². The number of hydrogen-bond donors (Lipinski definition) is 2. The van der Waals surface area contributed by atoms with Gasteiger partial charge in [-0.3, -0.25) is 19.0 Å². The normalized spacial score (nSPS) is 16.1. The van der Waals surface area contributed by atoms with Gasteiger partial charge in [-0.15, -0.1) is 0 Å². The maximum Gasteiger partial charge on any atom is 0.273 e. The summed E-state index contributed by atoms with van der Waals surface area (Å²) < 4.78 is 1.71. The molecular weight excluding hydrogens is 440 g/mol. The molecule has 3 aromatic rings. The minimum atomic E-state index is -0.294. The lowest BCUT2D eigenvalue weighted by molar-refractivity contribution is -0.125. The number of aromatic nitrogens is 3. The molecule has 2 amide bonds. The Morgan fingerprint density at radius 1 is 1.27 bits per heavy atom. The summed E-state index contributed by atoms with van der Waals surface area (Å²) in [4.78, 5) is 48.8. The summed E-state index contributed by atoms with van der Waals surface area (Å²) in [7, 11) is 0. The highest BCUT2D eigenvalue weighted by atomic mass is 32.1. The SMILES string of the molecule is CCNC(=O)[C@@H]1CCCN(c2nc3ncn(CC(=O)Nc4cccc(C)c4C)c(=O)c3s2)C1. The van der Waals surface area contributed by atoms with Crippen LogP contribution in [0.3, 0.4) is 0 Å². The van der Waals surface area contributed by atoms with E-state index in [2.05, 4.69) is 20.6 Å². The number of thiazole rings is 1. The third-order valence-corrected chi connectivity index (χ3v) is 7.07. The number of amides is 2. The Labute approximate surface area is 195 Å². The van der Waals surface area contributed by atoms with E-state index in [9.17, 15) is 14.4 Å². The first-order valence-electron chi connectivity index (χ1n) is 11.1. The number of anilines is 2. The summed E-state index contributed by atoms with van der Waals surface area (Å²) in [6.07, 6.45) is 3.09. The molecule has 10 heteroatoms. The van der Waals surface area contributed by atoms with E-state index < -0.39 is 0 Å². The van der Waals surface area contributed by atoms with Crippen molar-refractivity contribution in [2.24, 2.45) is 5.92 Å². The lowest BCUT2D eigenvalue weighted by Gasteiger charge is -2.31. The van der Waals surface area contributed by atoms with Gasteiger partial charge in [0.1, 0.15) is 17.6 Å². The van der Waals surface area contributed by atoms with Crippen LogP contribution >= 0.6 is 11.3 Å². The fourth-order valence-corrected chi connectivity index (χ4v) is 5.00. The molecule has 0 saturated carbocycles. The zero-order valence-electron chi connectivity index (χ0n) is 19.1. The minimum Gasteiger partial charge on any atom is -0.356 e. The Bertz CT molecular complexity index is 1250. The second-order valence-electron chi connectivity index (χ2n) is 8.30. The number of nitrogens with one attached hydrogen (secondary N) is 2. The topological polar surface area (TPSA) is 109 Å². The van der Waals surface area contributed by atoms with Crippen molar-refractivity contribution < 1.29 is 9.59 Å². The van der Waals surface area contributed by atoms with Crippen molar-refractivity contribution in [3.63, 3.8) is 0 Å². The van der Waals surface area contributed by atoms with Crippen molar-refractivity contribution in [1.82, 2.24) is 19.9 Å². The molecule has 33 heavy (non-hydrogen) atoms. The number of aryl methyl sites for hydroxylation is 1. The third-order valence-electron chi connectivity index (χ3n) is 5.98. The van der Waals surface area contributed by atoms with Gasteiger partial charge in [0, 0.05) is 25.3 Å². The van der Waals surface area contributed by atoms with Crippen LogP contribution in [0.15, 0.2) is 29.3 Å². The van der Waals surface area contributed by atoms with Gasteiger partial charge in [0.15, 0.2) is 10.8 Å². The monoisotopic (exact) mass is 468 g/mol. The molecule has 0 unspecified atom stereocenters. The van der Waals surface area contributed by atoms with E-state index in [-0.39, 0.29) is 29.8 Å². The average molecular weight is 469 g/mol. The molecule has 9 nitrogen and oxygen atoms in total. The molecule has 1 aliphatic heterocycles. The van der Waals surface area contributed by atoms with Crippen LogP contribution in [-0.2, 0) is 16.1 Å². The van der Waals surface area contributed by atoms with Gasteiger partial charge in [-0.25, -0.2) is 4.98 Å². The molecule has 0 spiro atoms. The van der Waals surface area contributed by atoms with Crippen molar-refractivity contribution in [1.29, 1.82) is 0 Å². The number of hydrogen-bond acceptors (Lipinski definition) is 7. The molecule has 1 aliphatic rings. The van der Waals surface area contributed by atoms with Crippen LogP contribution in [0.2, 0.25) is 0 Å². The largest absolute Gasteiger partial charge is 0.356 e. The predicted molar refractivity (Wildman–Crippen MR) is 130 cm³/mol. The van der Waals surface area contributed by atoms with Crippen LogP contribution in [0, 0.1) is 19.8 Å². The lowest BCUT2D eigenvalue weighted by atomic mass is 9.97. The van der Waals surface area contributed by atoms with E-state index in [4.69, 9.17) is 0 Å². The molecule has 1 fully saturated rings. The second-order valence-corrected chi connectivity index (χ2v) is 9.28. The summed E-state index contributed by atoms with van der Waals surface area (Å²) in [5.74, 6) is -0.333. The fraction of sp³-hybridized carbons (Fsp3) is 0.435. The molecule has 0 aliphatic carbocycles. The van der Waals surface area contributed by atoms with Crippen LogP contribution in [0.5, 0.6) is 0 Å². The Hall–Kier alpha value is -3.27. The highest BCUT2D eigenvalue weighted by Gasteiger charge is 2.27. The molecule has 4 rings (SSSR count). The van der Waals surface area contributed by atoms with Gasteiger partial charge in [-0.05, 0) is 50.8 Å². The van der Waals surface area contributed by atoms with Crippen molar-refractivity contribution in [2.45, 2.75) is 40.2 Å².